The van der Waals surface area contributed by atoms with Crippen molar-refractivity contribution in [3.63, 3.8) is 0 Å². The molecular weight excluding hydrogens is 251 g/mol. The Hall–Kier alpha value is -1.23. The van der Waals surface area contributed by atoms with E-state index in [0.29, 0.717) is 16.7 Å². The summed E-state index contributed by atoms with van der Waals surface area (Å²) in [6.07, 6.45) is 1.05. The average molecular weight is 268 g/mol. The van der Waals surface area contributed by atoms with Crippen LogP contribution < -0.4 is 10.1 Å². The highest BCUT2D eigenvalue weighted by Gasteiger charge is 2.19. The van der Waals surface area contributed by atoms with E-state index in [9.17, 15) is 4.39 Å². The van der Waals surface area contributed by atoms with Crippen molar-refractivity contribution in [2.75, 3.05) is 12.4 Å². The molecule has 2 rings (SSSR count). The van der Waals surface area contributed by atoms with Gasteiger partial charge in [-0.15, -0.1) is 0 Å². The summed E-state index contributed by atoms with van der Waals surface area (Å²) in [6, 6.07) is 4.91. The number of nitrogens with one attached hydrogen (secondary N) is 1. The summed E-state index contributed by atoms with van der Waals surface area (Å²) >= 11 is 1.64. The molecule has 1 N–H and O–H groups in total. The van der Waals surface area contributed by atoms with Gasteiger partial charge in [0.2, 0.25) is 0 Å². The molecule has 2 unspecified atom stereocenters. The quantitative estimate of drug-likeness (QED) is 0.891. The number of anilines is 1. The number of aliphatic imine (C=N–C) groups is 1. The third kappa shape index (κ3) is 3.16. The van der Waals surface area contributed by atoms with Crippen LogP contribution in [0, 0.1) is 5.82 Å². The Labute approximate surface area is 111 Å². The number of thioether (sulfide) groups is 1. The summed E-state index contributed by atoms with van der Waals surface area (Å²) in [5.74, 6) is 0.325. The van der Waals surface area contributed by atoms with Gasteiger partial charge in [-0.2, -0.15) is 0 Å². The maximum absolute atomic E-state index is 13.7. The second kappa shape index (κ2) is 5.61. The first-order valence-electron chi connectivity index (χ1n) is 5.93. The molecule has 0 radical (unpaired) electrons. The van der Waals surface area contributed by atoms with Gasteiger partial charge < -0.3 is 10.1 Å². The largest absolute Gasteiger partial charge is 0.497 e. The Morgan fingerprint density at radius 3 is 2.89 bits per heavy atom. The van der Waals surface area contributed by atoms with Crippen LogP contribution in [-0.4, -0.2) is 23.6 Å². The minimum atomic E-state index is -0.301. The highest BCUT2D eigenvalue weighted by molar-refractivity contribution is 8.14. The number of amidine groups is 1. The maximum atomic E-state index is 13.7. The second-order valence-corrected chi connectivity index (χ2v) is 5.85. The number of rotatable bonds is 2. The molecule has 3 nitrogen and oxygen atoms in total. The van der Waals surface area contributed by atoms with Crippen LogP contribution >= 0.6 is 11.8 Å². The summed E-state index contributed by atoms with van der Waals surface area (Å²) in [4.78, 5) is 4.49. The molecular formula is C13H17FN2OS. The van der Waals surface area contributed by atoms with Crippen LogP contribution in [0.2, 0.25) is 0 Å². The van der Waals surface area contributed by atoms with Crippen molar-refractivity contribution in [1.29, 1.82) is 0 Å². The number of benzene rings is 1. The molecule has 0 saturated carbocycles. The zero-order valence-corrected chi connectivity index (χ0v) is 11.6. The first-order valence-corrected chi connectivity index (χ1v) is 6.81. The van der Waals surface area contributed by atoms with Crippen LogP contribution in [0.4, 0.5) is 10.1 Å². The lowest BCUT2D eigenvalue weighted by Gasteiger charge is -2.23. The van der Waals surface area contributed by atoms with Crippen LogP contribution in [0.25, 0.3) is 0 Å². The molecule has 5 heteroatoms. The summed E-state index contributed by atoms with van der Waals surface area (Å²) < 4.78 is 18.8. The second-order valence-electron chi connectivity index (χ2n) is 4.42. The van der Waals surface area contributed by atoms with E-state index in [2.05, 4.69) is 24.2 Å². The van der Waals surface area contributed by atoms with Crippen LogP contribution in [0.3, 0.4) is 0 Å². The lowest BCUT2D eigenvalue weighted by atomic mass is 10.2. The minimum Gasteiger partial charge on any atom is -0.497 e. The molecule has 1 aliphatic heterocycles. The van der Waals surface area contributed by atoms with Gasteiger partial charge in [-0.25, -0.2) is 4.39 Å². The average Bonchev–Trinajstić information content (AvgIpc) is 2.30. The molecule has 0 spiro atoms. The molecule has 98 valence electrons. The Balaban J connectivity index is 2.18. The van der Waals surface area contributed by atoms with E-state index in [1.165, 1.54) is 6.07 Å². The van der Waals surface area contributed by atoms with Gasteiger partial charge in [-0.3, -0.25) is 4.99 Å². The molecule has 18 heavy (non-hydrogen) atoms. The zero-order chi connectivity index (χ0) is 13.1. The highest BCUT2D eigenvalue weighted by atomic mass is 32.2. The Morgan fingerprint density at radius 1 is 1.44 bits per heavy atom. The smallest absolute Gasteiger partial charge is 0.161 e. The van der Waals surface area contributed by atoms with E-state index in [1.807, 2.05) is 0 Å². The first kappa shape index (κ1) is 13.2. The number of nitrogens with zero attached hydrogens (tertiary/aromatic N) is 1. The first-order chi connectivity index (χ1) is 8.58. The number of hydrogen-bond acceptors (Lipinski definition) is 4. The molecule has 1 heterocycles. The Bertz CT molecular complexity index is 464. The van der Waals surface area contributed by atoms with Crippen molar-refractivity contribution >= 4 is 22.6 Å². The van der Waals surface area contributed by atoms with Crippen LogP contribution in [0.5, 0.6) is 5.75 Å². The van der Waals surface area contributed by atoms with Gasteiger partial charge in [0, 0.05) is 11.3 Å². The summed E-state index contributed by atoms with van der Waals surface area (Å²) in [5.41, 5.74) is 0.405. The monoisotopic (exact) mass is 268 g/mol. The molecule has 0 bridgehead atoms. The molecule has 2 atom stereocenters. The SMILES string of the molecule is COc1ccc(F)c(NC2=NC(C)CC(C)S2)c1. The molecule has 1 aromatic rings. The van der Waals surface area contributed by atoms with E-state index in [-0.39, 0.29) is 11.9 Å². The van der Waals surface area contributed by atoms with Crippen molar-refractivity contribution in [3.8, 4) is 5.75 Å². The van der Waals surface area contributed by atoms with Gasteiger partial charge in [0.1, 0.15) is 11.6 Å². The van der Waals surface area contributed by atoms with E-state index in [0.717, 1.165) is 11.6 Å². The van der Waals surface area contributed by atoms with Crippen molar-refractivity contribution < 1.29 is 9.13 Å². The van der Waals surface area contributed by atoms with E-state index in [4.69, 9.17) is 4.74 Å². The molecule has 0 amide bonds. The van der Waals surface area contributed by atoms with Gasteiger partial charge >= 0.3 is 0 Å². The normalized spacial score (nSPS) is 23.4. The third-order valence-corrected chi connectivity index (χ3v) is 3.76. The molecule has 0 saturated heterocycles. The number of hydrogen-bond donors (Lipinski definition) is 1. The molecule has 1 aliphatic rings. The van der Waals surface area contributed by atoms with Crippen molar-refractivity contribution in [3.05, 3.63) is 24.0 Å². The molecule has 0 aromatic heterocycles. The topological polar surface area (TPSA) is 33.6 Å². The summed E-state index contributed by atoms with van der Waals surface area (Å²) in [5, 5.41) is 4.31. The Kier molecular flexibility index (Phi) is 4.11. The van der Waals surface area contributed by atoms with Gasteiger partial charge in [-0.05, 0) is 25.5 Å². The van der Waals surface area contributed by atoms with Gasteiger partial charge in [0.25, 0.3) is 0 Å². The van der Waals surface area contributed by atoms with Crippen LogP contribution in [-0.2, 0) is 0 Å². The Morgan fingerprint density at radius 2 is 2.22 bits per heavy atom. The minimum absolute atomic E-state index is 0.275. The van der Waals surface area contributed by atoms with Crippen molar-refractivity contribution in [2.24, 2.45) is 4.99 Å². The van der Waals surface area contributed by atoms with Crippen molar-refractivity contribution in [2.45, 2.75) is 31.6 Å². The molecule has 0 aliphatic carbocycles. The standard InChI is InChI=1S/C13H17FN2OS/c1-8-6-9(2)18-13(15-8)16-12-7-10(17-3)4-5-11(12)14/h4-5,7-9H,6H2,1-3H3,(H,15,16). The molecule has 0 fully saturated rings. The number of ether oxygens (including phenoxy) is 1. The van der Waals surface area contributed by atoms with E-state index < -0.39 is 0 Å². The summed E-state index contributed by atoms with van der Waals surface area (Å²) in [7, 11) is 1.56. The zero-order valence-electron chi connectivity index (χ0n) is 10.7. The fraction of sp³-hybridized carbons (Fsp3) is 0.462. The van der Waals surface area contributed by atoms with Gasteiger partial charge in [0.05, 0.1) is 18.8 Å². The predicted octanol–water partition coefficient (Wildman–Crippen LogP) is 3.52. The fourth-order valence-corrected chi connectivity index (χ4v) is 3.07. The van der Waals surface area contributed by atoms with Gasteiger partial charge in [-0.1, -0.05) is 18.7 Å². The lowest BCUT2D eigenvalue weighted by molar-refractivity contribution is 0.414. The lowest BCUT2D eigenvalue weighted by Crippen LogP contribution is -2.23. The fourth-order valence-electron chi connectivity index (χ4n) is 1.91. The van der Waals surface area contributed by atoms with Crippen molar-refractivity contribution in [1.82, 2.24) is 0 Å². The van der Waals surface area contributed by atoms with E-state index >= 15 is 0 Å². The highest BCUT2D eigenvalue weighted by Crippen LogP contribution is 2.28. The molecule has 1 aromatic carbocycles. The van der Waals surface area contributed by atoms with Gasteiger partial charge in [0.15, 0.2) is 5.17 Å². The van der Waals surface area contributed by atoms with E-state index in [1.54, 1.807) is 31.0 Å². The number of methoxy groups -OCH3 is 1. The predicted molar refractivity (Wildman–Crippen MR) is 75.1 cm³/mol. The van der Waals surface area contributed by atoms with Crippen LogP contribution in [0.15, 0.2) is 23.2 Å². The maximum Gasteiger partial charge on any atom is 0.161 e. The number of halogens is 1. The van der Waals surface area contributed by atoms with Crippen LogP contribution in [0.1, 0.15) is 20.3 Å². The third-order valence-electron chi connectivity index (χ3n) is 2.74. The summed E-state index contributed by atoms with van der Waals surface area (Å²) in [6.45, 7) is 4.22.